The van der Waals surface area contributed by atoms with E-state index in [0.29, 0.717) is 22.4 Å². The molecule has 0 aliphatic rings. The first-order valence-electron chi connectivity index (χ1n) is 6.46. The van der Waals surface area contributed by atoms with E-state index >= 15 is 0 Å². The molecule has 0 saturated carbocycles. The van der Waals surface area contributed by atoms with Crippen molar-refractivity contribution < 1.29 is 4.74 Å². The Morgan fingerprint density at radius 1 is 1.25 bits per heavy atom. The number of benzene rings is 1. The molecule has 2 rings (SSSR count). The molecule has 2 aromatic rings. The number of nitrogens with one attached hydrogen (secondary N) is 1. The number of pyridine rings is 1. The molecule has 5 heteroatoms. The van der Waals surface area contributed by atoms with Gasteiger partial charge in [-0.05, 0) is 24.6 Å². The number of hydrogen-bond donors (Lipinski definition) is 1. The quantitative estimate of drug-likeness (QED) is 0.833. The molecule has 3 nitrogen and oxygen atoms in total. The van der Waals surface area contributed by atoms with Gasteiger partial charge in [-0.15, -0.1) is 0 Å². The lowest BCUT2D eigenvalue weighted by Gasteiger charge is -2.12. The zero-order chi connectivity index (χ0) is 14.4. The van der Waals surface area contributed by atoms with E-state index in [4.69, 9.17) is 27.9 Å². The van der Waals surface area contributed by atoms with E-state index in [-0.39, 0.29) is 0 Å². The average molecular weight is 311 g/mol. The first-order valence-corrected chi connectivity index (χ1v) is 7.22. The Labute approximate surface area is 128 Å². The van der Waals surface area contributed by atoms with Crippen LogP contribution in [0, 0.1) is 0 Å². The summed E-state index contributed by atoms with van der Waals surface area (Å²) in [5.41, 5.74) is 0.983. The molecule has 20 heavy (non-hydrogen) atoms. The number of anilines is 1. The van der Waals surface area contributed by atoms with Gasteiger partial charge in [0.25, 0.3) is 0 Å². The Hall–Kier alpha value is -1.45. The smallest absolute Gasteiger partial charge is 0.139 e. The Kier molecular flexibility index (Phi) is 5.50. The van der Waals surface area contributed by atoms with Gasteiger partial charge in [-0.1, -0.05) is 36.2 Å². The van der Waals surface area contributed by atoms with Gasteiger partial charge < -0.3 is 10.1 Å². The molecule has 106 valence electrons. The van der Waals surface area contributed by atoms with Crippen LogP contribution in [0.25, 0.3) is 0 Å². The minimum Gasteiger partial charge on any atom is -0.487 e. The van der Waals surface area contributed by atoms with E-state index in [2.05, 4.69) is 17.2 Å². The van der Waals surface area contributed by atoms with Gasteiger partial charge in [0.2, 0.25) is 0 Å². The molecule has 0 aliphatic heterocycles. The number of hydrogen-bond acceptors (Lipinski definition) is 3. The number of ether oxygens (including phenoxy) is 1. The summed E-state index contributed by atoms with van der Waals surface area (Å²) in [4.78, 5) is 4.32. The monoisotopic (exact) mass is 310 g/mol. The van der Waals surface area contributed by atoms with Gasteiger partial charge in [0.1, 0.15) is 18.2 Å². The summed E-state index contributed by atoms with van der Waals surface area (Å²) >= 11 is 12.0. The van der Waals surface area contributed by atoms with E-state index in [1.54, 1.807) is 24.4 Å². The van der Waals surface area contributed by atoms with Gasteiger partial charge in [-0.25, -0.2) is 4.98 Å². The fourth-order valence-electron chi connectivity index (χ4n) is 1.70. The SMILES string of the molecule is CCCNc1ncccc1COc1cc(Cl)ccc1Cl. The Morgan fingerprint density at radius 3 is 2.90 bits per heavy atom. The van der Waals surface area contributed by atoms with Gasteiger partial charge in [0.05, 0.1) is 5.02 Å². The summed E-state index contributed by atoms with van der Waals surface area (Å²) in [6.07, 6.45) is 2.80. The van der Waals surface area contributed by atoms with Crippen molar-refractivity contribution in [2.75, 3.05) is 11.9 Å². The van der Waals surface area contributed by atoms with E-state index in [0.717, 1.165) is 24.3 Å². The number of rotatable bonds is 6. The van der Waals surface area contributed by atoms with Crippen molar-refractivity contribution in [3.63, 3.8) is 0 Å². The number of aromatic nitrogens is 1. The molecule has 1 N–H and O–H groups in total. The molecule has 0 atom stereocenters. The van der Waals surface area contributed by atoms with Crippen LogP contribution in [-0.4, -0.2) is 11.5 Å². The average Bonchev–Trinajstić information content (AvgIpc) is 2.47. The van der Waals surface area contributed by atoms with Gasteiger partial charge >= 0.3 is 0 Å². The van der Waals surface area contributed by atoms with Gasteiger partial charge in [0.15, 0.2) is 0 Å². The molecule has 1 aromatic carbocycles. The first-order chi connectivity index (χ1) is 9.70. The molecular weight excluding hydrogens is 295 g/mol. The molecule has 0 fully saturated rings. The van der Waals surface area contributed by atoms with E-state index < -0.39 is 0 Å². The summed E-state index contributed by atoms with van der Waals surface area (Å²) < 4.78 is 5.73. The van der Waals surface area contributed by atoms with Crippen LogP contribution in [0.15, 0.2) is 36.5 Å². The van der Waals surface area contributed by atoms with Gasteiger partial charge in [-0.3, -0.25) is 0 Å². The molecule has 0 spiro atoms. The zero-order valence-corrected chi connectivity index (χ0v) is 12.7. The van der Waals surface area contributed by atoms with Crippen LogP contribution < -0.4 is 10.1 Å². The highest BCUT2D eigenvalue weighted by Gasteiger charge is 2.06. The molecule has 1 heterocycles. The minimum atomic E-state index is 0.389. The lowest BCUT2D eigenvalue weighted by atomic mass is 10.2. The topological polar surface area (TPSA) is 34.2 Å². The molecule has 0 bridgehead atoms. The third-order valence-electron chi connectivity index (χ3n) is 2.71. The lowest BCUT2D eigenvalue weighted by Crippen LogP contribution is -2.07. The van der Waals surface area contributed by atoms with Crippen molar-refractivity contribution in [1.29, 1.82) is 0 Å². The van der Waals surface area contributed by atoms with Crippen molar-refractivity contribution in [2.45, 2.75) is 20.0 Å². The summed E-state index contributed by atoms with van der Waals surface area (Å²) in [5.74, 6) is 1.41. The van der Waals surface area contributed by atoms with Crippen LogP contribution in [0.5, 0.6) is 5.75 Å². The second-order valence-corrected chi connectivity index (χ2v) is 5.14. The van der Waals surface area contributed by atoms with Gasteiger partial charge in [-0.2, -0.15) is 0 Å². The minimum absolute atomic E-state index is 0.389. The van der Waals surface area contributed by atoms with Crippen LogP contribution in [0.4, 0.5) is 5.82 Å². The molecule has 0 radical (unpaired) electrons. The normalized spacial score (nSPS) is 10.3. The molecule has 0 aliphatic carbocycles. The van der Waals surface area contributed by atoms with E-state index in [1.807, 2.05) is 12.1 Å². The molecule has 0 unspecified atom stereocenters. The van der Waals surface area contributed by atoms with Crippen molar-refractivity contribution >= 4 is 29.0 Å². The maximum absolute atomic E-state index is 6.07. The van der Waals surface area contributed by atoms with Crippen molar-refractivity contribution in [1.82, 2.24) is 4.98 Å². The second-order valence-electron chi connectivity index (χ2n) is 4.30. The molecular formula is C15H16Cl2N2O. The fraction of sp³-hybridized carbons (Fsp3) is 0.267. The number of halogens is 2. The molecule has 1 aromatic heterocycles. The van der Waals surface area contributed by atoms with Crippen LogP contribution in [0.1, 0.15) is 18.9 Å². The van der Waals surface area contributed by atoms with Gasteiger partial charge in [0, 0.05) is 29.4 Å². The Bertz CT molecular complexity index is 576. The predicted molar refractivity (Wildman–Crippen MR) is 83.8 cm³/mol. The van der Waals surface area contributed by atoms with Crippen LogP contribution in [-0.2, 0) is 6.61 Å². The lowest BCUT2D eigenvalue weighted by molar-refractivity contribution is 0.306. The van der Waals surface area contributed by atoms with Crippen LogP contribution in [0.2, 0.25) is 10.0 Å². The van der Waals surface area contributed by atoms with Crippen LogP contribution in [0.3, 0.4) is 0 Å². The number of nitrogens with zero attached hydrogens (tertiary/aromatic N) is 1. The summed E-state index contributed by atoms with van der Waals surface area (Å²) in [6.45, 7) is 3.37. The highest BCUT2D eigenvalue weighted by Crippen LogP contribution is 2.28. The molecule has 0 saturated heterocycles. The highest BCUT2D eigenvalue weighted by atomic mass is 35.5. The fourth-order valence-corrected chi connectivity index (χ4v) is 2.04. The first kappa shape index (κ1) is 14.9. The van der Waals surface area contributed by atoms with Crippen molar-refractivity contribution in [3.8, 4) is 5.75 Å². The third-order valence-corrected chi connectivity index (χ3v) is 3.26. The largest absolute Gasteiger partial charge is 0.487 e. The maximum Gasteiger partial charge on any atom is 0.139 e. The Morgan fingerprint density at radius 2 is 2.10 bits per heavy atom. The summed E-state index contributed by atoms with van der Waals surface area (Å²) in [6, 6.07) is 9.02. The standard InChI is InChI=1S/C15H16Cl2N2O/c1-2-7-18-15-11(4-3-8-19-15)10-20-14-9-12(16)5-6-13(14)17/h3-6,8-9H,2,7,10H2,1H3,(H,18,19). The third kappa shape index (κ3) is 4.02. The molecule has 0 amide bonds. The summed E-state index contributed by atoms with van der Waals surface area (Å²) in [5, 5.41) is 4.42. The zero-order valence-electron chi connectivity index (χ0n) is 11.2. The van der Waals surface area contributed by atoms with Crippen LogP contribution >= 0.6 is 23.2 Å². The van der Waals surface area contributed by atoms with E-state index in [1.165, 1.54) is 0 Å². The van der Waals surface area contributed by atoms with Crippen molar-refractivity contribution in [2.24, 2.45) is 0 Å². The highest BCUT2D eigenvalue weighted by molar-refractivity contribution is 6.34. The Balaban J connectivity index is 2.08. The second kappa shape index (κ2) is 7.36. The van der Waals surface area contributed by atoms with Crippen molar-refractivity contribution in [3.05, 3.63) is 52.1 Å². The maximum atomic E-state index is 6.07. The predicted octanol–water partition coefficient (Wildman–Crippen LogP) is 4.79. The summed E-state index contributed by atoms with van der Waals surface area (Å²) in [7, 11) is 0. The van der Waals surface area contributed by atoms with E-state index in [9.17, 15) is 0 Å².